The van der Waals surface area contributed by atoms with Gasteiger partial charge in [-0.2, -0.15) is 0 Å². The van der Waals surface area contributed by atoms with Gasteiger partial charge in [0.05, 0.1) is 26.4 Å². The van der Waals surface area contributed by atoms with E-state index in [0.29, 0.717) is 25.7 Å². The summed E-state index contributed by atoms with van der Waals surface area (Å²) < 4.78 is 68.6. The third kappa shape index (κ3) is 74.3. The predicted molar refractivity (Wildman–Crippen MR) is 418 cm³/mol. The molecule has 102 heavy (non-hydrogen) atoms. The molecule has 5 atom stereocenters. The number of unbranched alkanes of at least 4 members (excludes halogenated alkanes) is 34. The van der Waals surface area contributed by atoms with E-state index in [9.17, 15) is 43.2 Å². The van der Waals surface area contributed by atoms with E-state index in [1.807, 2.05) is 0 Å². The van der Waals surface area contributed by atoms with Crippen molar-refractivity contribution in [1.29, 1.82) is 0 Å². The molecule has 0 fully saturated rings. The number of phosphoric ester groups is 2. The van der Waals surface area contributed by atoms with Crippen LogP contribution >= 0.6 is 15.6 Å². The molecule has 0 aliphatic heterocycles. The van der Waals surface area contributed by atoms with Gasteiger partial charge in [-0.25, -0.2) is 9.13 Å². The van der Waals surface area contributed by atoms with Crippen molar-refractivity contribution in [3.63, 3.8) is 0 Å². The van der Waals surface area contributed by atoms with Crippen LogP contribution in [0.4, 0.5) is 0 Å². The highest BCUT2D eigenvalue weighted by molar-refractivity contribution is 7.47. The maximum absolute atomic E-state index is 13.1. The van der Waals surface area contributed by atoms with Crippen molar-refractivity contribution >= 4 is 39.5 Å². The summed E-state index contributed by atoms with van der Waals surface area (Å²) in [6.07, 6.45) is 79.5. The number of ether oxygens (including phenoxy) is 4. The molecule has 0 radical (unpaired) electrons. The van der Waals surface area contributed by atoms with Crippen molar-refractivity contribution in [3.8, 4) is 0 Å². The number of esters is 4. The molecular weight excluding hydrogens is 1330 g/mol. The summed E-state index contributed by atoms with van der Waals surface area (Å²) in [4.78, 5) is 73.0. The molecule has 0 aliphatic rings. The van der Waals surface area contributed by atoms with Gasteiger partial charge < -0.3 is 33.8 Å². The molecule has 0 rings (SSSR count). The molecule has 0 heterocycles. The second-order valence-electron chi connectivity index (χ2n) is 27.0. The smallest absolute Gasteiger partial charge is 0.462 e. The van der Waals surface area contributed by atoms with E-state index in [2.05, 4.69) is 125 Å². The molecule has 5 unspecified atom stereocenters. The Morgan fingerprint density at radius 1 is 0.284 bits per heavy atom. The number of aliphatic hydroxyl groups excluding tert-OH is 1. The van der Waals surface area contributed by atoms with E-state index >= 15 is 0 Å². The first-order valence-corrected chi connectivity index (χ1v) is 43.5. The zero-order chi connectivity index (χ0) is 74.6. The lowest BCUT2D eigenvalue weighted by Crippen LogP contribution is -2.30. The van der Waals surface area contributed by atoms with Crippen molar-refractivity contribution in [1.82, 2.24) is 0 Å². The normalized spacial score (nSPS) is 14.4. The van der Waals surface area contributed by atoms with E-state index in [1.54, 1.807) is 0 Å². The van der Waals surface area contributed by atoms with Gasteiger partial charge in [-0.15, -0.1) is 0 Å². The van der Waals surface area contributed by atoms with Gasteiger partial charge in [0.25, 0.3) is 0 Å². The van der Waals surface area contributed by atoms with Crippen molar-refractivity contribution in [2.24, 2.45) is 0 Å². The van der Waals surface area contributed by atoms with Crippen molar-refractivity contribution in [3.05, 3.63) is 97.2 Å². The Hall–Kier alpha value is -4.02. The van der Waals surface area contributed by atoms with Crippen molar-refractivity contribution in [2.45, 2.75) is 367 Å². The molecule has 17 nitrogen and oxygen atoms in total. The Balaban J connectivity index is 5.37. The topological polar surface area (TPSA) is 237 Å². The summed E-state index contributed by atoms with van der Waals surface area (Å²) in [6, 6.07) is 0. The van der Waals surface area contributed by atoms with E-state index in [-0.39, 0.29) is 25.7 Å². The Morgan fingerprint density at radius 2 is 0.529 bits per heavy atom. The number of hydrogen-bond acceptors (Lipinski definition) is 15. The highest BCUT2D eigenvalue weighted by Crippen LogP contribution is 2.45. The maximum Gasteiger partial charge on any atom is 0.472 e. The second kappa shape index (κ2) is 75.2. The van der Waals surface area contributed by atoms with Gasteiger partial charge in [-0.3, -0.25) is 37.3 Å². The highest BCUT2D eigenvalue weighted by Gasteiger charge is 2.30. The van der Waals surface area contributed by atoms with Crippen LogP contribution in [0, 0.1) is 0 Å². The average molecular weight is 1480 g/mol. The molecule has 19 heteroatoms. The summed E-state index contributed by atoms with van der Waals surface area (Å²) in [5.41, 5.74) is 0. The van der Waals surface area contributed by atoms with E-state index < -0.39 is 97.5 Å². The summed E-state index contributed by atoms with van der Waals surface area (Å²) in [5.74, 6) is -2.22. The van der Waals surface area contributed by atoms with Crippen LogP contribution in [0.1, 0.15) is 349 Å². The zero-order valence-corrected chi connectivity index (χ0v) is 66.3. The van der Waals surface area contributed by atoms with E-state index in [1.165, 1.54) is 109 Å². The fourth-order valence-electron chi connectivity index (χ4n) is 10.9. The van der Waals surface area contributed by atoms with Gasteiger partial charge in [-0.05, 0) is 122 Å². The van der Waals surface area contributed by atoms with Crippen LogP contribution in [0.2, 0.25) is 0 Å². The first-order valence-electron chi connectivity index (χ1n) is 40.5. The number of allylic oxidation sites excluding steroid dienone is 16. The molecule has 0 aromatic heterocycles. The molecule has 0 bridgehead atoms. The van der Waals surface area contributed by atoms with E-state index in [0.717, 1.165) is 161 Å². The number of carbonyl (C=O) groups excluding carboxylic acids is 4. The fourth-order valence-corrected chi connectivity index (χ4v) is 12.4. The summed E-state index contributed by atoms with van der Waals surface area (Å²) in [5, 5.41) is 10.6. The average Bonchev–Trinajstić information content (AvgIpc) is 0.924. The lowest BCUT2D eigenvalue weighted by Gasteiger charge is -2.21. The summed E-state index contributed by atoms with van der Waals surface area (Å²) >= 11 is 0. The number of rotatable bonds is 76. The van der Waals surface area contributed by atoms with Crippen LogP contribution < -0.4 is 0 Å². The Labute approximate surface area is 620 Å². The molecule has 0 spiro atoms. The fraction of sp³-hybridized carbons (Fsp3) is 0.759. The molecule has 0 aromatic rings. The molecular formula is C83H146O17P2. The largest absolute Gasteiger partial charge is 0.472 e. The zero-order valence-electron chi connectivity index (χ0n) is 64.5. The minimum absolute atomic E-state index is 0.0776. The standard InChI is InChI=1S/C83H146O17P2/c1-5-9-13-17-21-25-29-33-36-37-38-39-42-45-48-52-56-60-64-68-81(86)94-74-79(100-83(88)70-66-62-58-54-50-46-41-35-31-27-23-19-15-11-7-3)76-98-102(91,92)96-72-77(84)71-95-101(89,90)97-75-78(99-82(87)69-65-61-57-53-49-43-32-28-24-20-16-12-8-4)73-93-80(85)67-63-59-55-51-47-44-40-34-30-26-22-18-14-10-6-2/h9,13,16,20-21,25,28,32-33,35-36,38-39,41,45,48,77-79,84H,5-8,10-12,14-15,17-19,22-24,26-27,29-31,34,37,40,42-44,46-47,49-76H2,1-4H3,(H,89,90)(H,91,92)/b13-9-,20-16-,25-21-,32-28-,36-33-,39-38-,41-35-,48-45-. The molecule has 3 N–H and O–H groups in total. The van der Waals surface area contributed by atoms with Gasteiger partial charge in [0, 0.05) is 25.7 Å². The molecule has 0 aliphatic carbocycles. The molecule has 0 amide bonds. The van der Waals surface area contributed by atoms with Crippen LogP contribution in [0.15, 0.2) is 97.2 Å². The van der Waals surface area contributed by atoms with Crippen molar-refractivity contribution < 1.29 is 80.2 Å². The minimum atomic E-state index is -4.99. The van der Waals surface area contributed by atoms with Gasteiger partial charge in [0.15, 0.2) is 12.2 Å². The third-order valence-corrected chi connectivity index (χ3v) is 18.9. The molecule has 0 saturated heterocycles. The van der Waals surface area contributed by atoms with Gasteiger partial charge in [0.2, 0.25) is 0 Å². The maximum atomic E-state index is 13.1. The van der Waals surface area contributed by atoms with Crippen LogP contribution in [-0.2, 0) is 65.4 Å². The van der Waals surface area contributed by atoms with Gasteiger partial charge in [-0.1, -0.05) is 298 Å². The Kier molecular flexibility index (Phi) is 72.3. The van der Waals surface area contributed by atoms with Crippen LogP contribution in [-0.4, -0.2) is 96.7 Å². The van der Waals surface area contributed by atoms with Gasteiger partial charge in [0.1, 0.15) is 19.3 Å². The van der Waals surface area contributed by atoms with Crippen molar-refractivity contribution in [2.75, 3.05) is 39.6 Å². The lowest BCUT2D eigenvalue weighted by atomic mass is 10.0. The molecule has 0 aromatic carbocycles. The Bertz CT molecular complexity index is 2310. The number of carbonyl (C=O) groups is 4. The van der Waals surface area contributed by atoms with Gasteiger partial charge >= 0.3 is 39.5 Å². The molecule has 0 saturated carbocycles. The first-order chi connectivity index (χ1) is 49.7. The monoisotopic (exact) mass is 1480 g/mol. The SMILES string of the molecule is CC/C=C\C/C=C\C/C=C\C/C=C\C/C=C\CCCCCC(=O)OCC(COP(=O)(O)OCC(O)COP(=O)(O)OCC(COC(=O)CCCCCCCCCCCCCCCCC)OC(=O)CCCCCCC/C=C\C/C=C\CCC)OC(=O)CCCCCCC/C=C\CCCCCCCC. The minimum Gasteiger partial charge on any atom is -0.462 e. The summed E-state index contributed by atoms with van der Waals surface area (Å²) in [6.45, 7) is 4.68. The lowest BCUT2D eigenvalue weighted by molar-refractivity contribution is -0.161. The predicted octanol–water partition coefficient (Wildman–Crippen LogP) is 23.6. The highest BCUT2D eigenvalue weighted by atomic mass is 31.2. The second-order valence-corrected chi connectivity index (χ2v) is 29.9. The first kappa shape index (κ1) is 98.0. The van der Waals surface area contributed by atoms with Crippen LogP contribution in [0.5, 0.6) is 0 Å². The quantitative estimate of drug-likeness (QED) is 0.0169. The number of hydrogen-bond donors (Lipinski definition) is 3. The number of aliphatic hydroxyl groups is 1. The third-order valence-electron chi connectivity index (χ3n) is 17.0. The summed E-state index contributed by atoms with van der Waals surface area (Å²) in [7, 11) is -9.96. The van der Waals surface area contributed by atoms with Crippen LogP contribution in [0.25, 0.3) is 0 Å². The molecule has 590 valence electrons. The van der Waals surface area contributed by atoms with Crippen LogP contribution in [0.3, 0.4) is 0 Å². The van der Waals surface area contributed by atoms with E-state index in [4.69, 9.17) is 37.0 Å². The number of phosphoric acid groups is 2. The Morgan fingerprint density at radius 3 is 0.843 bits per heavy atom.